The molecule has 0 atom stereocenters. The van der Waals surface area contributed by atoms with Gasteiger partial charge in [-0.25, -0.2) is 9.98 Å². The van der Waals surface area contributed by atoms with Crippen LogP contribution in [0.1, 0.15) is 22.3 Å². The van der Waals surface area contributed by atoms with E-state index in [0.29, 0.717) is 0 Å². The van der Waals surface area contributed by atoms with Crippen molar-refractivity contribution in [3.05, 3.63) is 135 Å². The summed E-state index contributed by atoms with van der Waals surface area (Å²) in [6.07, 6.45) is 0. The lowest BCUT2D eigenvalue weighted by Gasteiger charge is -2.09. The Morgan fingerprint density at radius 3 is 1.81 bits per heavy atom. The predicted molar refractivity (Wildman–Crippen MR) is 151 cm³/mol. The van der Waals surface area contributed by atoms with Gasteiger partial charge in [-0.1, -0.05) is 78.9 Å². The molecule has 0 saturated heterocycles. The molecule has 5 nitrogen and oxygen atoms in total. The molecule has 0 fully saturated rings. The van der Waals surface area contributed by atoms with Crippen molar-refractivity contribution in [2.45, 2.75) is 13.8 Å². The van der Waals surface area contributed by atoms with Crippen LogP contribution in [-0.2, 0) is 0 Å². The van der Waals surface area contributed by atoms with Crippen LogP contribution in [0.25, 0.3) is 21.9 Å². The van der Waals surface area contributed by atoms with Crippen LogP contribution < -0.4 is 0 Å². The molecular weight excluding hydrogens is 458 g/mol. The number of nitro groups is 1. The molecule has 1 aliphatic rings. The van der Waals surface area contributed by atoms with Gasteiger partial charge in [-0.3, -0.25) is 10.1 Å². The molecule has 0 N–H and O–H groups in total. The molecule has 0 bridgehead atoms. The second kappa shape index (κ2) is 8.95. The van der Waals surface area contributed by atoms with Gasteiger partial charge < -0.3 is 0 Å². The van der Waals surface area contributed by atoms with Crippen molar-refractivity contribution in [2.75, 3.05) is 0 Å². The number of hydrogen-bond acceptors (Lipinski definition) is 4. The van der Waals surface area contributed by atoms with Gasteiger partial charge in [0, 0.05) is 28.6 Å². The van der Waals surface area contributed by atoms with Crippen molar-refractivity contribution in [2.24, 2.45) is 9.98 Å². The van der Waals surface area contributed by atoms with E-state index < -0.39 is 0 Å². The molecule has 178 valence electrons. The summed E-state index contributed by atoms with van der Waals surface area (Å²) in [6, 6.07) is 33.2. The van der Waals surface area contributed by atoms with E-state index in [1.165, 1.54) is 6.07 Å². The smallest absolute Gasteiger partial charge is 0.258 e. The molecule has 0 saturated carbocycles. The molecule has 1 aliphatic carbocycles. The molecule has 6 rings (SSSR count). The third-order valence-electron chi connectivity index (χ3n) is 6.84. The van der Waals surface area contributed by atoms with Gasteiger partial charge in [0.25, 0.3) is 5.69 Å². The Morgan fingerprint density at radius 2 is 1.19 bits per heavy atom. The maximum absolute atomic E-state index is 11.4. The SMILES string of the molecule is Cc1ccccc1N=C1C(=Nc2ccccc2C)c2ccc(-c3cccc([N+](=O)[O-])c3)c3cccc1c23. The van der Waals surface area contributed by atoms with E-state index in [-0.39, 0.29) is 10.6 Å². The summed E-state index contributed by atoms with van der Waals surface area (Å²) < 4.78 is 0. The molecule has 5 aromatic carbocycles. The Kier molecular flexibility index (Phi) is 5.46. The fraction of sp³-hybridized carbons (Fsp3) is 0.0625. The van der Waals surface area contributed by atoms with Crippen molar-refractivity contribution in [1.82, 2.24) is 0 Å². The van der Waals surface area contributed by atoms with Crippen LogP contribution in [0.5, 0.6) is 0 Å². The van der Waals surface area contributed by atoms with E-state index in [4.69, 9.17) is 9.98 Å². The molecule has 5 heteroatoms. The van der Waals surface area contributed by atoms with Crippen molar-refractivity contribution in [3.8, 4) is 11.1 Å². The number of nitro benzene ring substituents is 1. The highest BCUT2D eigenvalue weighted by Crippen LogP contribution is 2.40. The number of nitrogens with zero attached hydrogens (tertiary/aromatic N) is 3. The summed E-state index contributed by atoms with van der Waals surface area (Å²) in [6.45, 7) is 4.11. The highest BCUT2D eigenvalue weighted by Gasteiger charge is 2.29. The van der Waals surface area contributed by atoms with Crippen molar-refractivity contribution in [1.29, 1.82) is 0 Å². The van der Waals surface area contributed by atoms with Gasteiger partial charge >= 0.3 is 0 Å². The third kappa shape index (κ3) is 3.91. The number of rotatable bonds is 4. The highest BCUT2D eigenvalue weighted by atomic mass is 16.6. The van der Waals surface area contributed by atoms with Gasteiger partial charge in [0.15, 0.2) is 0 Å². The number of aliphatic imine (C=N–C) groups is 2. The molecule has 0 unspecified atom stereocenters. The molecule has 0 amide bonds. The Morgan fingerprint density at radius 1 is 0.622 bits per heavy atom. The number of non-ortho nitro benzene ring substituents is 1. The quantitative estimate of drug-likeness (QED) is 0.191. The Balaban J connectivity index is 1.64. The Bertz CT molecular complexity index is 1720. The molecule has 37 heavy (non-hydrogen) atoms. The lowest BCUT2D eigenvalue weighted by Crippen LogP contribution is -2.10. The summed E-state index contributed by atoms with van der Waals surface area (Å²) in [7, 11) is 0. The van der Waals surface area contributed by atoms with Crippen LogP contribution in [0.4, 0.5) is 17.1 Å². The molecule has 0 aromatic heterocycles. The van der Waals surface area contributed by atoms with E-state index in [1.807, 2.05) is 54.6 Å². The molecule has 0 spiro atoms. The summed E-state index contributed by atoms with van der Waals surface area (Å²) >= 11 is 0. The van der Waals surface area contributed by atoms with Gasteiger partial charge in [-0.15, -0.1) is 0 Å². The van der Waals surface area contributed by atoms with E-state index in [9.17, 15) is 10.1 Å². The first-order valence-electron chi connectivity index (χ1n) is 12.1. The number of benzene rings is 5. The van der Waals surface area contributed by atoms with E-state index in [0.717, 1.165) is 67.0 Å². The van der Waals surface area contributed by atoms with E-state index in [2.05, 4.69) is 44.2 Å². The van der Waals surface area contributed by atoms with Crippen LogP contribution in [0, 0.1) is 24.0 Å². The number of para-hydroxylation sites is 2. The first kappa shape index (κ1) is 22.6. The monoisotopic (exact) mass is 481 g/mol. The zero-order chi connectivity index (χ0) is 25.5. The summed E-state index contributed by atoms with van der Waals surface area (Å²) in [5.74, 6) is 0. The first-order valence-corrected chi connectivity index (χ1v) is 12.1. The van der Waals surface area contributed by atoms with Gasteiger partial charge in [-0.05, 0) is 53.6 Å². The van der Waals surface area contributed by atoms with Crippen LogP contribution in [0.3, 0.4) is 0 Å². The largest absolute Gasteiger partial charge is 0.270 e. The molecule has 0 radical (unpaired) electrons. The molecule has 0 aliphatic heterocycles. The zero-order valence-electron chi connectivity index (χ0n) is 20.5. The summed E-state index contributed by atoms with van der Waals surface area (Å²) in [5, 5.41) is 13.5. The fourth-order valence-electron chi connectivity index (χ4n) is 4.94. The van der Waals surface area contributed by atoms with Gasteiger partial charge in [0.2, 0.25) is 0 Å². The standard InChI is InChI=1S/C32H23N3O2/c1-20-9-3-5-15-28(20)33-31-26-14-8-13-25-24(22-11-7-12-23(19-22)35(36)37)17-18-27(30(25)26)32(31)34-29-16-6-4-10-21(29)2/h3-19H,1-2H3. The highest BCUT2D eigenvalue weighted by molar-refractivity contribution is 6.61. The molecule has 0 heterocycles. The van der Waals surface area contributed by atoms with Crippen LogP contribution in [0.2, 0.25) is 0 Å². The lowest BCUT2D eigenvalue weighted by molar-refractivity contribution is -0.384. The second-order valence-electron chi connectivity index (χ2n) is 9.19. The molecule has 5 aromatic rings. The van der Waals surface area contributed by atoms with Crippen LogP contribution >= 0.6 is 0 Å². The van der Waals surface area contributed by atoms with E-state index in [1.54, 1.807) is 12.1 Å². The third-order valence-corrected chi connectivity index (χ3v) is 6.84. The lowest BCUT2D eigenvalue weighted by atomic mass is 9.95. The average Bonchev–Trinajstić information content (AvgIpc) is 3.20. The minimum Gasteiger partial charge on any atom is -0.258 e. The normalized spacial score (nSPS) is 14.5. The fourth-order valence-corrected chi connectivity index (χ4v) is 4.94. The predicted octanol–water partition coefficient (Wildman–Crippen LogP) is 8.29. The van der Waals surface area contributed by atoms with Gasteiger partial charge in [-0.2, -0.15) is 0 Å². The van der Waals surface area contributed by atoms with Crippen LogP contribution in [0.15, 0.2) is 113 Å². The Hall–Kier alpha value is -4.90. The minimum absolute atomic E-state index is 0.0735. The summed E-state index contributed by atoms with van der Waals surface area (Å²) in [4.78, 5) is 21.4. The Labute approximate surface area is 214 Å². The van der Waals surface area contributed by atoms with E-state index >= 15 is 0 Å². The second-order valence-corrected chi connectivity index (χ2v) is 9.19. The van der Waals surface area contributed by atoms with Gasteiger partial charge in [0.05, 0.1) is 27.7 Å². The van der Waals surface area contributed by atoms with Crippen molar-refractivity contribution in [3.63, 3.8) is 0 Å². The van der Waals surface area contributed by atoms with Crippen molar-refractivity contribution >= 4 is 39.3 Å². The van der Waals surface area contributed by atoms with Crippen LogP contribution in [-0.4, -0.2) is 16.3 Å². The van der Waals surface area contributed by atoms with Crippen molar-refractivity contribution < 1.29 is 4.92 Å². The summed E-state index contributed by atoms with van der Waals surface area (Å²) in [5.41, 5.74) is 9.48. The zero-order valence-corrected chi connectivity index (χ0v) is 20.5. The molecular formula is C32H23N3O2. The number of aryl methyl sites for hydroxylation is 2. The van der Waals surface area contributed by atoms with Gasteiger partial charge in [0.1, 0.15) is 0 Å². The topological polar surface area (TPSA) is 67.9 Å². The first-order chi connectivity index (χ1) is 18.0. The maximum atomic E-state index is 11.4. The number of hydrogen-bond donors (Lipinski definition) is 0. The average molecular weight is 482 g/mol. The minimum atomic E-state index is -0.358. The maximum Gasteiger partial charge on any atom is 0.270 e.